The smallest absolute Gasteiger partial charge is 0.175 e. The maximum atomic E-state index is 15.0. The lowest BCUT2D eigenvalue weighted by molar-refractivity contribution is -0.131. The second-order valence-electron chi connectivity index (χ2n) is 12.0. The van der Waals surface area contributed by atoms with E-state index in [9.17, 15) is 16.8 Å². The zero-order valence-electron chi connectivity index (χ0n) is 23.9. The van der Waals surface area contributed by atoms with Gasteiger partial charge >= 0.3 is 0 Å². The molecule has 4 atom stereocenters. The molecule has 0 aliphatic heterocycles. The average Bonchev–Trinajstić information content (AvgIpc) is 2.93. The van der Waals surface area contributed by atoms with Gasteiger partial charge in [0, 0.05) is 34.4 Å². The fourth-order valence-electron chi connectivity index (χ4n) is 6.75. The first-order chi connectivity index (χ1) is 19.7. The number of hydrogen-bond acceptors (Lipinski definition) is 5. The van der Waals surface area contributed by atoms with E-state index in [1.54, 1.807) is 24.3 Å². The van der Waals surface area contributed by atoms with Crippen molar-refractivity contribution in [2.24, 2.45) is 23.7 Å². The van der Waals surface area contributed by atoms with E-state index < -0.39 is 29.3 Å². The van der Waals surface area contributed by atoms with Crippen LogP contribution in [0.4, 0.5) is 0 Å². The third-order valence-corrected chi connectivity index (χ3v) is 14.0. The van der Waals surface area contributed by atoms with Crippen LogP contribution in [0.2, 0.25) is 10.0 Å². The van der Waals surface area contributed by atoms with Crippen LogP contribution in [0.15, 0.2) is 46.2 Å². The van der Waals surface area contributed by atoms with E-state index in [0.29, 0.717) is 21.2 Å². The maximum absolute atomic E-state index is 15.0. The summed E-state index contributed by atoms with van der Waals surface area (Å²) in [6.45, 7) is 0. The zero-order chi connectivity index (χ0) is 30.8. The predicted octanol–water partition coefficient (Wildman–Crippen LogP) is 9.33. The molecule has 11 heteroatoms. The number of Topliss-reactive ketones (excluding diaryl/α,β-unsaturated/α-hetero) is 1. The van der Waals surface area contributed by atoms with E-state index in [0.717, 1.165) is 76.7 Å². The Balaban J connectivity index is 1.78. The highest BCUT2D eigenvalue weighted by molar-refractivity contribution is 9.09. The van der Waals surface area contributed by atoms with Crippen molar-refractivity contribution < 1.29 is 21.6 Å². The molecule has 0 saturated heterocycles. The fraction of sp³-hybridized carbons (Fsp3) is 0.581. The molecule has 0 N–H and O–H groups in total. The molecule has 2 aliphatic carbocycles. The van der Waals surface area contributed by atoms with Gasteiger partial charge < -0.3 is 0 Å². The molecule has 232 valence electrons. The van der Waals surface area contributed by atoms with E-state index in [1.807, 2.05) is 0 Å². The summed E-state index contributed by atoms with van der Waals surface area (Å²) in [5, 5.41) is 0.634. The molecule has 0 amide bonds. The Morgan fingerprint density at radius 2 is 1.00 bits per heavy atom. The van der Waals surface area contributed by atoms with Crippen molar-refractivity contribution in [2.45, 2.75) is 83.7 Å². The number of alkyl halides is 2. The van der Waals surface area contributed by atoms with Crippen LogP contribution >= 0.6 is 55.1 Å². The molecule has 5 nitrogen and oxygen atoms in total. The number of halogens is 4. The minimum Gasteiger partial charge on any atom is -0.299 e. The Labute approximate surface area is 277 Å². The van der Waals surface area contributed by atoms with Crippen molar-refractivity contribution >= 4 is 80.5 Å². The topological polar surface area (TPSA) is 85.3 Å². The number of hydrogen-bond donors (Lipinski definition) is 0. The molecule has 0 heterocycles. The van der Waals surface area contributed by atoms with Gasteiger partial charge in [-0.3, -0.25) is 4.79 Å². The van der Waals surface area contributed by atoms with Crippen LogP contribution < -0.4 is 0 Å². The van der Waals surface area contributed by atoms with Gasteiger partial charge in [-0.25, -0.2) is 16.8 Å². The van der Waals surface area contributed by atoms with Crippen molar-refractivity contribution in [3.63, 3.8) is 0 Å². The molecule has 2 saturated carbocycles. The van der Waals surface area contributed by atoms with Crippen molar-refractivity contribution in [3.05, 3.63) is 57.6 Å². The molecule has 2 fully saturated rings. The standard InChI is InChI=1S/C31H38Br2Cl2O5S2/c1-41(37,38)21-13-15-23(25(34)17-21)29(32)27(19-9-5-3-6-10-19)31(36)28(20-11-7-4-8-12-20)30(33)24-16-14-22(18-26(24)35)42(2,39)40/h13-20,27-30H,3-12H2,1-2H3. The van der Waals surface area contributed by atoms with Crippen molar-refractivity contribution in [1.82, 2.24) is 0 Å². The summed E-state index contributed by atoms with van der Waals surface area (Å²) in [6.07, 6.45) is 12.5. The lowest BCUT2D eigenvalue weighted by atomic mass is 9.67. The first-order valence-electron chi connectivity index (χ1n) is 14.5. The molecular weight excluding hydrogens is 747 g/mol. The monoisotopic (exact) mass is 782 g/mol. The molecule has 4 rings (SSSR count). The fourth-order valence-corrected chi connectivity index (χ4v) is 11.2. The van der Waals surface area contributed by atoms with Gasteiger partial charge in [-0.15, -0.1) is 0 Å². The SMILES string of the molecule is CS(=O)(=O)c1ccc(C(Br)C(C(=O)C(C2CCCCC2)C(Br)c2ccc(S(C)(=O)=O)cc2Cl)C2CCCCC2)c(Cl)c1. The summed E-state index contributed by atoms with van der Waals surface area (Å²) in [6, 6.07) is 9.51. The van der Waals surface area contributed by atoms with Crippen LogP contribution in [0.3, 0.4) is 0 Å². The van der Waals surface area contributed by atoms with Gasteiger partial charge in [-0.1, -0.05) is 106 Å². The maximum Gasteiger partial charge on any atom is 0.175 e. The van der Waals surface area contributed by atoms with Crippen LogP contribution in [-0.4, -0.2) is 35.1 Å². The number of ketones is 1. The van der Waals surface area contributed by atoms with Gasteiger partial charge in [-0.05, 0) is 72.9 Å². The Morgan fingerprint density at radius 1 is 0.667 bits per heavy atom. The van der Waals surface area contributed by atoms with Gasteiger partial charge in [0.2, 0.25) is 0 Å². The van der Waals surface area contributed by atoms with Crippen molar-refractivity contribution in [3.8, 4) is 0 Å². The van der Waals surface area contributed by atoms with Gasteiger partial charge in [0.25, 0.3) is 0 Å². The van der Waals surface area contributed by atoms with Gasteiger partial charge in [-0.2, -0.15) is 0 Å². The van der Waals surface area contributed by atoms with Crippen molar-refractivity contribution in [1.29, 1.82) is 0 Å². The minimum absolute atomic E-state index is 0.143. The number of carbonyl (C=O) groups is 1. The molecule has 2 aliphatic rings. The van der Waals surface area contributed by atoms with Crippen LogP contribution in [0, 0.1) is 23.7 Å². The predicted molar refractivity (Wildman–Crippen MR) is 178 cm³/mol. The van der Waals surface area contributed by atoms with E-state index in [4.69, 9.17) is 23.2 Å². The number of carbonyl (C=O) groups excluding carboxylic acids is 1. The zero-order valence-corrected chi connectivity index (χ0v) is 30.2. The Hall–Kier alpha value is -0.450. The molecule has 0 aromatic heterocycles. The molecule has 4 unspecified atom stereocenters. The molecule has 2 aromatic rings. The summed E-state index contributed by atoms with van der Waals surface area (Å²) < 4.78 is 48.6. The quantitative estimate of drug-likeness (QED) is 0.224. The van der Waals surface area contributed by atoms with E-state index in [2.05, 4.69) is 31.9 Å². The number of rotatable bonds is 10. The molecule has 42 heavy (non-hydrogen) atoms. The highest BCUT2D eigenvalue weighted by Gasteiger charge is 2.45. The third kappa shape index (κ3) is 8.03. The van der Waals surface area contributed by atoms with Gasteiger partial charge in [0.1, 0.15) is 5.78 Å². The Morgan fingerprint density at radius 3 is 1.29 bits per heavy atom. The largest absolute Gasteiger partial charge is 0.299 e. The Kier molecular flexibility index (Phi) is 11.7. The Bertz CT molecular complexity index is 1390. The second-order valence-corrected chi connectivity index (χ2v) is 18.8. The minimum atomic E-state index is -3.43. The lowest BCUT2D eigenvalue weighted by Crippen LogP contribution is -2.39. The summed E-state index contributed by atoms with van der Waals surface area (Å²) in [5.41, 5.74) is 1.41. The summed E-state index contributed by atoms with van der Waals surface area (Å²) >= 11 is 21.2. The number of benzene rings is 2. The van der Waals surface area contributed by atoms with Crippen molar-refractivity contribution in [2.75, 3.05) is 12.5 Å². The molecule has 0 bridgehead atoms. The first-order valence-corrected chi connectivity index (χ1v) is 20.9. The van der Waals surface area contributed by atoms with E-state index in [1.165, 1.54) is 12.1 Å². The van der Waals surface area contributed by atoms with E-state index >= 15 is 4.79 Å². The summed E-state index contributed by atoms with van der Waals surface area (Å²) in [4.78, 5) is 14.5. The molecular formula is C31H38Br2Cl2O5S2. The summed E-state index contributed by atoms with van der Waals surface area (Å²) in [5.74, 6) is -0.324. The third-order valence-electron chi connectivity index (χ3n) is 9.00. The molecule has 0 spiro atoms. The number of sulfone groups is 2. The first kappa shape index (κ1) is 34.4. The molecule has 0 radical (unpaired) electrons. The summed E-state index contributed by atoms with van der Waals surface area (Å²) in [7, 11) is -6.87. The van der Waals surface area contributed by atoms with Crippen LogP contribution in [0.5, 0.6) is 0 Å². The normalized spacial score (nSPS) is 20.5. The van der Waals surface area contributed by atoms with Gasteiger partial charge in [0.05, 0.1) is 19.4 Å². The van der Waals surface area contributed by atoms with Gasteiger partial charge in [0.15, 0.2) is 19.7 Å². The molecule has 2 aromatic carbocycles. The van der Waals surface area contributed by atoms with Crippen LogP contribution in [0.1, 0.15) is 85.0 Å². The second kappa shape index (κ2) is 14.3. The average molecular weight is 785 g/mol. The van der Waals surface area contributed by atoms with Crippen LogP contribution in [-0.2, 0) is 24.5 Å². The van der Waals surface area contributed by atoms with Crippen LogP contribution in [0.25, 0.3) is 0 Å². The van der Waals surface area contributed by atoms with E-state index in [-0.39, 0.29) is 39.2 Å². The highest BCUT2D eigenvalue weighted by atomic mass is 79.9. The lowest BCUT2D eigenvalue weighted by Gasteiger charge is -2.40. The highest BCUT2D eigenvalue weighted by Crippen LogP contribution is 2.51.